The number of aromatic nitrogens is 1. The van der Waals surface area contributed by atoms with Crippen molar-refractivity contribution in [2.75, 3.05) is 0 Å². The van der Waals surface area contributed by atoms with Crippen LogP contribution in [0.15, 0.2) is 47.2 Å². The molecule has 132 valence electrons. The van der Waals surface area contributed by atoms with E-state index in [4.69, 9.17) is 0 Å². The predicted molar refractivity (Wildman–Crippen MR) is 102 cm³/mol. The molecule has 0 saturated carbocycles. The Bertz CT molecular complexity index is 965. The number of carbonyl (C=O) groups is 2. The number of aliphatic carboxylic acids is 1. The number of thiophene rings is 1. The van der Waals surface area contributed by atoms with Crippen LogP contribution in [0.5, 0.6) is 0 Å². The maximum absolute atomic E-state index is 12.8. The molecule has 1 aromatic carbocycles. The molecule has 7 heteroatoms. The van der Waals surface area contributed by atoms with E-state index in [9.17, 15) is 14.7 Å². The van der Waals surface area contributed by atoms with E-state index in [1.54, 1.807) is 22.8 Å². The van der Waals surface area contributed by atoms with Gasteiger partial charge in [0.05, 0.1) is 4.88 Å². The molecular formula is C19H16N2O3S2. The molecule has 1 aliphatic carbocycles. The maximum atomic E-state index is 12.8. The smallest absolute Gasteiger partial charge is 0.334 e. The zero-order valence-electron chi connectivity index (χ0n) is 13.8. The Morgan fingerprint density at radius 2 is 2.00 bits per heavy atom. The van der Waals surface area contributed by atoms with Gasteiger partial charge in [0, 0.05) is 5.38 Å². The summed E-state index contributed by atoms with van der Waals surface area (Å²) in [5.74, 6) is -1.49. The number of hydrogen-bond acceptors (Lipinski definition) is 5. The number of aryl methyl sites for hydroxylation is 1. The summed E-state index contributed by atoms with van der Waals surface area (Å²) in [4.78, 5) is 30.3. The molecule has 4 rings (SSSR count). The molecule has 2 heterocycles. The topological polar surface area (TPSA) is 79.3 Å². The molecule has 0 saturated heterocycles. The van der Waals surface area contributed by atoms with Gasteiger partial charge in [-0.2, -0.15) is 0 Å². The minimum Gasteiger partial charge on any atom is -0.479 e. The third-order valence-corrected chi connectivity index (χ3v) is 6.52. The average molecular weight is 384 g/mol. The minimum absolute atomic E-state index is 0.252. The van der Waals surface area contributed by atoms with Crippen LogP contribution in [-0.4, -0.2) is 22.0 Å². The zero-order chi connectivity index (χ0) is 18.1. The monoisotopic (exact) mass is 384 g/mol. The van der Waals surface area contributed by atoms with E-state index in [0.29, 0.717) is 18.4 Å². The number of benzene rings is 1. The molecule has 0 spiro atoms. The molecule has 1 unspecified atom stereocenters. The first-order chi connectivity index (χ1) is 12.6. The number of thiazole rings is 1. The van der Waals surface area contributed by atoms with Crippen LogP contribution in [0, 0.1) is 0 Å². The lowest BCUT2D eigenvalue weighted by Gasteiger charge is -2.36. The fourth-order valence-corrected chi connectivity index (χ4v) is 5.00. The second-order valence-electron chi connectivity index (χ2n) is 6.19. The van der Waals surface area contributed by atoms with E-state index in [-0.39, 0.29) is 5.69 Å². The summed E-state index contributed by atoms with van der Waals surface area (Å²) in [5.41, 5.74) is 0.487. The third-order valence-electron chi connectivity index (χ3n) is 4.64. The van der Waals surface area contributed by atoms with Gasteiger partial charge in [0.25, 0.3) is 5.91 Å². The number of carboxylic acids is 1. The lowest BCUT2D eigenvalue weighted by molar-refractivity contribution is -0.145. The van der Waals surface area contributed by atoms with Crippen LogP contribution in [0.1, 0.15) is 34.5 Å². The lowest BCUT2D eigenvalue weighted by atomic mass is 9.76. The van der Waals surface area contributed by atoms with E-state index in [2.05, 4.69) is 10.3 Å². The van der Waals surface area contributed by atoms with Crippen molar-refractivity contribution in [1.82, 2.24) is 10.3 Å². The van der Waals surface area contributed by atoms with Gasteiger partial charge in [-0.1, -0.05) is 30.3 Å². The SMILES string of the molecule is O=C(NC1(C(=O)O)CCCc2ccccc21)c1csc(-c2cccs2)n1. The Morgan fingerprint density at radius 3 is 2.77 bits per heavy atom. The Balaban J connectivity index is 1.66. The number of nitrogens with one attached hydrogen (secondary N) is 1. The molecule has 2 N–H and O–H groups in total. The van der Waals surface area contributed by atoms with E-state index >= 15 is 0 Å². The number of carboxylic acid groups (broad SMARTS) is 1. The molecule has 0 fully saturated rings. The van der Waals surface area contributed by atoms with Gasteiger partial charge in [-0.05, 0) is 41.8 Å². The van der Waals surface area contributed by atoms with Crippen LogP contribution >= 0.6 is 22.7 Å². The summed E-state index contributed by atoms with van der Waals surface area (Å²) < 4.78 is 0. The van der Waals surface area contributed by atoms with E-state index in [1.165, 1.54) is 11.3 Å². The average Bonchev–Trinajstić information content (AvgIpc) is 3.33. The number of rotatable bonds is 4. The molecule has 0 aliphatic heterocycles. The highest BCUT2D eigenvalue weighted by atomic mass is 32.1. The first-order valence-electron chi connectivity index (χ1n) is 8.24. The van der Waals surface area contributed by atoms with Gasteiger partial charge < -0.3 is 10.4 Å². The summed E-state index contributed by atoms with van der Waals surface area (Å²) in [6, 6.07) is 11.3. The number of amides is 1. The van der Waals surface area contributed by atoms with Crippen molar-refractivity contribution in [3.05, 3.63) is 64.0 Å². The molecule has 1 amide bonds. The summed E-state index contributed by atoms with van der Waals surface area (Å²) in [5, 5.41) is 17.1. The summed E-state index contributed by atoms with van der Waals surface area (Å²) in [6.45, 7) is 0. The van der Waals surface area contributed by atoms with Crippen LogP contribution in [-0.2, 0) is 16.8 Å². The quantitative estimate of drug-likeness (QED) is 0.715. The molecule has 0 radical (unpaired) electrons. The van der Waals surface area contributed by atoms with Crippen molar-refractivity contribution in [1.29, 1.82) is 0 Å². The van der Waals surface area contributed by atoms with Crippen LogP contribution in [0.3, 0.4) is 0 Å². The molecule has 3 aromatic rings. The van der Waals surface area contributed by atoms with Gasteiger partial charge in [0.2, 0.25) is 0 Å². The van der Waals surface area contributed by atoms with Crippen molar-refractivity contribution in [3.8, 4) is 9.88 Å². The number of fused-ring (bicyclic) bond motifs is 1. The third kappa shape index (κ3) is 2.83. The summed E-state index contributed by atoms with van der Waals surface area (Å²) in [6.07, 6.45) is 1.90. The predicted octanol–water partition coefficient (Wildman–Crippen LogP) is 3.92. The molecule has 26 heavy (non-hydrogen) atoms. The number of nitrogens with zero attached hydrogens (tertiary/aromatic N) is 1. The van der Waals surface area contributed by atoms with Crippen molar-refractivity contribution in [2.24, 2.45) is 0 Å². The maximum Gasteiger partial charge on any atom is 0.334 e. The van der Waals surface area contributed by atoms with Crippen LogP contribution in [0.25, 0.3) is 9.88 Å². The highest BCUT2D eigenvalue weighted by Crippen LogP contribution is 2.36. The molecule has 1 aliphatic rings. The minimum atomic E-state index is -1.40. The summed E-state index contributed by atoms with van der Waals surface area (Å²) >= 11 is 2.94. The fourth-order valence-electron chi connectivity index (χ4n) is 3.39. The van der Waals surface area contributed by atoms with Crippen molar-refractivity contribution in [2.45, 2.75) is 24.8 Å². The van der Waals surface area contributed by atoms with Gasteiger partial charge >= 0.3 is 5.97 Å². The zero-order valence-corrected chi connectivity index (χ0v) is 15.4. The fraction of sp³-hybridized carbons (Fsp3) is 0.211. The van der Waals surface area contributed by atoms with Crippen LogP contribution < -0.4 is 5.32 Å². The lowest BCUT2D eigenvalue weighted by Crippen LogP contribution is -2.53. The van der Waals surface area contributed by atoms with Gasteiger partial charge in [-0.15, -0.1) is 22.7 Å². The Morgan fingerprint density at radius 1 is 1.15 bits per heavy atom. The Hall–Kier alpha value is -2.51. The largest absolute Gasteiger partial charge is 0.479 e. The van der Waals surface area contributed by atoms with Crippen molar-refractivity contribution >= 4 is 34.6 Å². The van der Waals surface area contributed by atoms with Crippen molar-refractivity contribution in [3.63, 3.8) is 0 Å². The molecule has 5 nitrogen and oxygen atoms in total. The second-order valence-corrected chi connectivity index (χ2v) is 8.00. The second kappa shape index (κ2) is 6.66. The van der Waals surface area contributed by atoms with E-state index < -0.39 is 17.4 Å². The van der Waals surface area contributed by atoms with E-state index in [0.717, 1.165) is 21.9 Å². The van der Waals surface area contributed by atoms with Gasteiger partial charge in [0.1, 0.15) is 10.7 Å². The van der Waals surface area contributed by atoms with Gasteiger partial charge in [-0.25, -0.2) is 9.78 Å². The number of carbonyl (C=O) groups excluding carboxylic acids is 1. The van der Waals surface area contributed by atoms with Gasteiger partial charge in [0.15, 0.2) is 5.54 Å². The Labute approximate surface area is 158 Å². The Kier molecular flexibility index (Phi) is 4.34. The van der Waals surface area contributed by atoms with Crippen molar-refractivity contribution < 1.29 is 14.7 Å². The van der Waals surface area contributed by atoms with Crippen LogP contribution in [0.2, 0.25) is 0 Å². The first kappa shape index (κ1) is 16.9. The standard InChI is InChI=1S/C19H16N2O3S2/c22-16(14-11-26-17(20-14)15-8-4-10-25-15)21-19(18(23)24)9-3-6-12-5-1-2-7-13(12)19/h1-2,4-5,7-8,10-11H,3,6,9H2,(H,21,22)(H,23,24). The molecule has 0 bridgehead atoms. The van der Waals surface area contributed by atoms with Crippen LogP contribution in [0.4, 0.5) is 0 Å². The molecule has 1 atom stereocenters. The molecular weight excluding hydrogens is 368 g/mol. The first-order valence-corrected chi connectivity index (χ1v) is 10.00. The molecule has 2 aromatic heterocycles. The van der Waals surface area contributed by atoms with Gasteiger partial charge in [-0.3, -0.25) is 4.79 Å². The number of hydrogen-bond donors (Lipinski definition) is 2. The summed E-state index contributed by atoms with van der Waals surface area (Å²) in [7, 11) is 0. The normalized spacial score (nSPS) is 18.9. The van der Waals surface area contributed by atoms with E-state index in [1.807, 2.05) is 35.7 Å². The highest BCUT2D eigenvalue weighted by molar-refractivity contribution is 7.20. The highest BCUT2D eigenvalue weighted by Gasteiger charge is 2.45.